The van der Waals surface area contributed by atoms with E-state index in [1.165, 1.54) is 13.1 Å². The fraction of sp³-hybridized carbons (Fsp3) is 0.176. The Labute approximate surface area is 134 Å². The van der Waals surface area contributed by atoms with Crippen LogP contribution < -0.4 is 10.7 Å². The molecule has 1 heterocycles. The maximum Gasteiger partial charge on any atom is 0.272 e. The number of nitrogens with zero attached hydrogens (tertiary/aromatic N) is 2. The lowest BCUT2D eigenvalue weighted by Crippen LogP contribution is -2.19. The molecule has 2 N–H and O–H groups in total. The van der Waals surface area contributed by atoms with E-state index in [-0.39, 0.29) is 11.8 Å². The highest BCUT2D eigenvalue weighted by molar-refractivity contribution is 6.01. The molecule has 0 saturated heterocycles. The second-order valence-corrected chi connectivity index (χ2v) is 5.08. The second-order valence-electron chi connectivity index (χ2n) is 5.08. The van der Waals surface area contributed by atoms with Crippen LogP contribution in [0.3, 0.4) is 0 Å². The molecule has 0 bridgehead atoms. The second kappa shape index (κ2) is 7.31. The third kappa shape index (κ3) is 4.74. The van der Waals surface area contributed by atoms with Crippen molar-refractivity contribution in [2.45, 2.75) is 20.8 Å². The number of hydrogen-bond acceptors (Lipinski definition) is 4. The van der Waals surface area contributed by atoms with Gasteiger partial charge in [0.1, 0.15) is 0 Å². The van der Waals surface area contributed by atoms with E-state index in [0.717, 1.165) is 11.3 Å². The molecule has 2 aromatic rings. The molecule has 1 aromatic heterocycles. The van der Waals surface area contributed by atoms with Gasteiger partial charge in [-0.15, -0.1) is 0 Å². The van der Waals surface area contributed by atoms with E-state index in [1.54, 1.807) is 31.2 Å². The molecular weight excluding hydrogens is 292 g/mol. The Bertz CT molecular complexity index is 734. The van der Waals surface area contributed by atoms with Gasteiger partial charge in [0.25, 0.3) is 5.91 Å². The van der Waals surface area contributed by atoms with Crippen molar-refractivity contribution in [3.63, 3.8) is 0 Å². The van der Waals surface area contributed by atoms with Crippen LogP contribution in [-0.2, 0) is 4.79 Å². The molecule has 0 fully saturated rings. The summed E-state index contributed by atoms with van der Waals surface area (Å²) in [5.74, 6) is -0.436. The normalized spacial score (nSPS) is 11.0. The number of benzene rings is 1. The van der Waals surface area contributed by atoms with E-state index in [9.17, 15) is 9.59 Å². The molecule has 6 heteroatoms. The highest BCUT2D eigenvalue weighted by Crippen LogP contribution is 2.10. The minimum Gasteiger partial charge on any atom is -0.326 e. The summed E-state index contributed by atoms with van der Waals surface area (Å²) in [6.45, 7) is 5.10. The molecule has 0 saturated carbocycles. The molecule has 118 valence electrons. The van der Waals surface area contributed by atoms with Crippen LogP contribution in [0, 0.1) is 6.92 Å². The van der Waals surface area contributed by atoms with Gasteiger partial charge in [-0.2, -0.15) is 5.10 Å². The molecule has 0 aliphatic heterocycles. The van der Waals surface area contributed by atoms with E-state index in [0.29, 0.717) is 17.0 Å². The highest BCUT2D eigenvalue weighted by Gasteiger charge is 2.05. The third-order valence-corrected chi connectivity index (χ3v) is 3.12. The maximum absolute atomic E-state index is 12.0. The number of hydrogen-bond donors (Lipinski definition) is 2. The van der Waals surface area contributed by atoms with Crippen LogP contribution in [0.1, 0.15) is 35.5 Å². The predicted molar refractivity (Wildman–Crippen MR) is 89.4 cm³/mol. The molecular formula is C17H18N4O2. The number of aromatic nitrogens is 1. The Morgan fingerprint density at radius 1 is 1.00 bits per heavy atom. The lowest BCUT2D eigenvalue weighted by molar-refractivity contribution is -0.114. The first-order valence-electron chi connectivity index (χ1n) is 7.11. The highest BCUT2D eigenvalue weighted by atomic mass is 16.2. The fourth-order valence-corrected chi connectivity index (χ4v) is 1.86. The smallest absolute Gasteiger partial charge is 0.272 e. The zero-order valence-corrected chi connectivity index (χ0v) is 13.3. The number of aryl methyl sites for hydroxylation is 1. The summed E-state index contributed by atoms with van der Waals surface area (Å²) in [5, 5.41) is 6.78. The summed E-state index contributed by atoms with van der Waals surface area (Å²) in [6.07, 6.45) is 1.51. The summed E-state index contributed by atoms with van der Waals surface area (Å²) in [5.41, 5.74) is 6.02. The molecule has 1 aromatic carbocycles. The summed E-state index contributed by atoms with van der Waals surface area (Å²) >= 11 is 0. The van der Waals surface area contributed by atoms with Crippen molar-refractivity contribution in [3.8, 4) is 0 Å². The maximum atomic E-state index is 12.0. The topological polar surface area (TPSA) is 83.5 Å². The van der Waals surface area contributed by atoms with Crippen molar-refractivity contribution in [3.05, 3.63) is 59.4 Å². The van der Waals surface area contributed by atoms with Crippen LogP contribution in [-0.4, -0.2) is 22.5 Å². The Morgan fingerprint density at radius 2 is 1.65 bits per heavy atom. The van der Waals surface area contributed by atoms with Gasteiger partial charge in [-0.05, 0) is 43.7 Å². The summed E-state index contributed by atoms with van der Waals surface area (Å²) in [6, 6.07) is 10.7. The number of amides is 2. The van der Waals surface area contributed by atoms with E-state index in [2.05, 4.69) is 20.8 Å². The Morgan fingerprint density at radius 3 is 2.22 bits per heavy atom. The van der Waals surface area contributed by atoms with Gasteiger partial charge in [-0.1, -0.05) is 12.1 Å². The summed E-state index contributed by atoms with van der Waals surface area (Å²) in [7, 11) is 0. The molecule has 0 aliphatic rings. The van der Waals surface area contributed by atoms with Gasteiger partial charge in [-0.25, -0.2) is 5.43 Å². The molecule has 23 heavy (non-hydrogen) atoms. The Kier molecular flexibility index (Phi) is 5.19. The standard InChI is InChI=1S/C17H18N4O2/c1-11-4-5-15(10-18-11)17(23)21-20-12(2)14-6-8-16(9-7-14)19-13(3)22/h4-10H,1-3H3,(H,19,22)(H,21,23)/b20-12+. The molecule has 6 nitrogen and oxygen atoms in total. The van der Waals surface area contributed by atoms with Gasteiger partial charge in [0.2, 0.25) is 5.91 Å². The van der Waals surface area contributed by atoms with Gasteiger partial charge >= 0.3 is 0 Å². The third-order valence-electron chi connectivity index (χ3n) is 3.12. The molecule has 2 amide bonds. The van der Waals surface area contributed by atoms with E-state index in [1.807, 2.05) is 19.1 Å². The first-order chi connectivity index (χ1) is 11.0. The lowest BCUT2D eigenvalue weighted by atomic mass is 10.1. The summed E-state index contributed by atoms with van der Waals surface area (Å²) in [4.78, 5) is 27.0. The van der Waals surface area contributed by atoms with E-state index >= 15 is 0 Å². The van der Waals surface area contributed by atoms with Crippen molar-refractivity contribution in [1.29, 1.82) is 0 Å². The first kappa shape index (κ1) is 16.4. The molecule has 0 radical (unpaired) electrons. The zero-order valence-electron chi connectivity index (χ0n) is 13.3. The van der Waals surface area contributed by atoms with Crippen molar-refractivity contribution < 1.29 is 9.59 Å². The van der Waals surface area contributed by atoms with Crippen LogP contribution in [0.2, 0.25) is 0 Å². The van der Waals surface area contributed by atoms with Gasteiger partial charge < -0.3 is 5.32 Å². The van der Waals surface area contributed by atoms with Crippen LogP contribution >= 0.6 is 0 Å². The number of pyridine rings is 1. The lowest BCUT2D eigenvalue weighted by Gasteiger charge is -2.05. The van der Waals surface area contributed by atoms with Gasteiger partial charge in [0.05, 0.1) is 11.3 Å². The zero-order chi connectivity index (χ0) is 16.8. The molecule has 2 rings (SSSR count). The quantitative estimate of drug-likeness (QED) is 0.672. The van der Waals surface area contributed by atoms with Gasteiger partial charge in [0, 0.05) is 24.5 Å². The molecule has 0 atom stereocenters. The minimum atomic E-state index is -0.313. The van der Waals surface area contributed by atoms with Crippen molar-refractivity contribution in [1.82, 2.24) is 10.4 Å². The largest absolute Gasteiger partial charge is 0.326 e. The average molecular weight is 310 g/mol. The van der Waals surface area contributed by atoms with Crippen LogP contribution in [0.4, 0.5) is 5.69 Å². The van der Waals surface area contributed by atoms with E-state index < -0.39 is 0 Å². The van der Waals surface area contributed by atoms with Crippen LogP contribution in [0.5, 0.6) is 0 Å². The monoisotopic (exact) mass is 310 g/mol. The number of nitrogens with one attached hydrogen (secondary N) is 2. The van der Waals surface area contributed by atoms with Gasteiger partial charge in [-0.3, -0.25) is 14.6 Å². The number of carbonyl (C=O) groups is 2. The minimum absolute atomic E-state index is 0.123. The average Bonchev–Trinajstić information content (AvgIpc) is 2.53. The predicted octanol–water partition coefficient (Wildman–Crippen LogP) is 2.50. The number of anilines is 1. The number of rotatable bonds is 4. The molecule has 0 unspecified atom stereocenters. The van der Waals surface area contributed by atoms with Crippen LogP contribution in [0.15, 0.2) is 47.7 Å². The van der Waals surface area contributed by atoms with Crippen LogP contribution in [0.25, 0.3) is 0 Å². The SMILES string of the molecule is CC(=O)Nc1ccc(/C(C)=N/NC(=O)c2ccc(C)nc2)cc1. The molecule has 0 aliphatic carbocycles. The fourth-order valence-electron chi connectivity index (χ4n) is 1.86. The summed E-state index contributed by atoms with van der Waals surface area (Å²) < 4.78 is 0. The first-order valence-corrected chi connectivity index (χ1v) is 7.11. The Balaban J connectivity index is 2.03. The van der Waals surface area contributed by atoms with E-state index in [4.69, 9.17) is 0 Å². The Hall–Kier alpha value is -3.02. The van der Waals surface area contributed by atoms with Gasteiger partial charge in [0.15, 0.2) is 0 Å². The van der Waals surface area contributed by atoms with Crippen molar-refractivity contribution in [2.24, 2.45) is 5.10 Å². The van der Waals surface area contributed by atoms with Crippen molar-refractivity contribution >= 4 is 23.2 Å². The number of carbonyl (C=O) groups excluding carboxylic acids is 2. The molecule has 0 spiro atoms. The van der Waals surface area contributed by atoms with Crippen molar-refractivity contribution in [2.75, 3.05) is 5.32 Å². The number of hydrazone groups is 1.